The number of carboxylic acids is 1. The molecule has 1 aromatic carbocycles. The number of pyridine rings is 1. The number of hydrogen-bond donors (Lipinski definition) is 2. The van der Waals surface area contributed by atoms with Crippen LogP contribution in [0.3, 0.4) is 0 Å². The molecule has 2 N–H and O–H groups in total. The van der Waals surface area contributed by atoms with Gasteiger partial charge in [-0.05, 0) is 25.8 Å². The first-order valence-corrected chi connectivity index (χ1v) is 12.5. The van der Waals surface area contributed by atoms with Crippen LogP contribution in [0, 0.1) is 0 Å². The molecule has 36 heavy (non-hydrogen) atoms. The number of rotatable bonds is 6. The number of aromatic nitrogens is 3. The summed E-state index contributed by atoms with van der Waals surface area (Å²) in [7, 11) is 0. The van der Waals surface area contributed by atoms with Gasteiger partial charge in [-0.3, -0.25) is 0 Å². The van der Waals surface area contributed by atoms with Crippen LogP contribution in [0.25, 0.3) is 11.3 Å². The van der Waals surface area contributed by atoms with Gasteiger partial charge >= 0.3 is 5.97 Å². The maximum atomic E-state index is 11.2. The van der Waals surface area contributed by atoms with Crippen molar-refractivity contribution in [3.8, 4) is 11.3 Å². The lowest BCUT2D eigenvalue weighted by Gasteiger charge is -2.41. The second kappa shape index (κ2) is 10.3. The van der Waals surface area contributed by atoms with Gasteiger partial charge in [0.1, 0.15) is 11.6 Å². The predicted molar refractivity (Wildman–Crippen MR) is 140 cm³/mol. The highest BCUT2D eigenvalue weighted by molar-refractivity contribution is 6.33. The molecule has 0 amide bonds. The molecule has 2 aliphatic rings. The lowest BCUT2D eigenvalue weighted by Crippen LogP contribution is -2.53. The third-order valence-electron chi connectivity index (χ3n) is 6.91. The molecule has 2 fully saturated rings. The second-order valence-corrected chi connectivity index (χ2v) is 9.68. The largest absolute Gasteiger partial charge is 0.478 e. The molecule has 9 nitrogen and oxygen atoms in total. The van der Waals surface area contributed by atoms with Gasteiger partial charge in [-0.15, -0.1) is 0 Å². The van der Waals surface area contributed by atoms with Gasteiger partial charge in [0.25, 0.3) is 0 Å². The van der Waals surface area contributed by atoms with E-state index in [0.29, 0.717) is 36.4 Å². The summed E-state index contributed by atoms with van der Waals surface area (Å²) in [4.78, 5) is 31.9. The molecule has 188 valence electrons. The highest BCUT2D eigenvalue weighted by Crippen LogP contribution is 2.32. The predicted octanol–water partition coefficient (Wildman–Crippen LogP) is 3.57. The van der Waals surface area contributed by atoms with Gasteiger partial charge in [-0.2, -0.15) is 4.98 Å². The summed E-state index contributed by atoms with van der Waals surface area (Å²) in [5.74, 6) is 1.02. The van der Waals surface area contributed by atoms with Crippen LogP contribution in [0.15, 0.2) is 48.7 Å². The minimum Gasteiger partial charge on any atom is -0.478 e. The van der Waals surface area contributed by atoms with E-state index in [1.54, 1.807) is 0 Å². The Hall–Kier alpha value is -3.43. The highest BCUT2D eigenvalue weighted by Gasteiger charge is 2.30. The van der Waals surface area contributed by atoms with Crippen LogP contribution < -0.4 is 14.7 Å². The average molecular weight is 509 g/mol. The van der Waals surface area contributed by atoms with Crippen LogP contribution in [0.2, 0.25) is 5.02 Å². The highest BCUT2D eigenvalue weighted by atomic mass is 35.5. The molecule has 10 heteroatoms. The molecule has 0 bridgehead atoms. The molecular weight excluding hydrogens is 480 g/mol. The van der Waals surface area contributed by atoms with Gasteiger partial charge < -0.3 is 24.9 Å². The number of benzene rings is 1. The summed E-state index contributed by atoms with van der Waals surface area (Å²) in [6, 6.07) is 13.7. The summed E-state index contributed by atoms with van der Waals surface area (Å²) in [6.45, 7) is 5.03. The Labute approximate surface area is 215 Å². The Morgan fingerprint density at radius 1 is 1.11 bits per heavy atom. The Kier molecular flexibility index (Phi) is 6.93. The van der Waals surface area contributed by atoms with E-state index in [2.05, 4.69) is 26.6 Å². The molecule has 2 unspecified atom stereocenters. The third kappa shape index (κ3) is 4.81. The minimum absolute atomic E-state index is 0.0279. The second-order valence-electron chi connectivity index (χ2n) is 9.27. The Morgan fingerprint density at radius 2 is 1.92 bits per heavy atom. The molecule has 5 rings (SSSR count). The monoisotopic (exact) mass is 508 g/mol. The van der Waals surface area contributed by atoms with Gasteiger partial charge in [0, 0.05) is 50.0 Å². The molecule has 2 atom stereocenters. The molecule has 2 aromatic heterocycles. The molecule has 2 aliphatic heterocycles. The average Bonchev–Trinajstić information content (AvgIpc) is 3.38. The van der Waals surface area contributed by atoms with Gasteiger partial charge in [-0.25, -0.2) is 14.8 Å². The molecule has 0 aliphatic carbocycles. The molecule has 2 saturated heterocycles. The topological polar surface area (TPSA) is 106 Å². The quantitative estimate of drug-likeness (QED) is 0.516. The smallest absolute Gasteiger partial charge is 0.337 e. The fourth-order valence-electron chi connectivity index (χ4n) is 5.01. The third-order valence-corrected chi connectivity index (χ3v) is 7.18. The number of piperazine rings is 1. The first-order valence-electron chi connectivity index (χ1n) is 12.2. The van der Waals surface area contributed by atoms with Crippen molar-refractivity contribution in [2.75, 3.05) is 47.5 Å². The summed E-state index contributed by atoms with van der Waals surface area (Å²) < 4.78 is 0. The van der Waals surface area contributed by atoms with Crippen LogP contribution in [0.5, 0.6) is 0 Å². The molecule has 0 radical (unpaired) electrons. The summed E-state index contributed by atoms with van der Waals surface area (Å²) in [5, 5.41) is 19.4. The Bertz CT molecular complexity index is 1240. The number of aliphatic hydroxyl groups is 1. The molecular formula is C26H29ClN6O3. The lowest BCUT2D eigenvalue weighted by atomic mass is 10.1. The van der Waals surface area contributed by atoms with Gasteiger partial charge in [0.2, 0.25) is 5.95 Å². The number of aromatic carboxylic acids is 1. The van der Waals surface area contributed by atoms with Crippen molar-refractivity contribution >= 4 is 35.2 Å². The zero-order chi connectivity index (χ0) is 25.2. The summed E-state index contributed by atoms with van der Waals surface area (Å²) in [6.07, 6.45) is 3.27. The molecule has 4 heterocycles. The van der Waals surface area contributed by atoms with Crippen molar-refractivity contribution < 1.29 is 15.0 Å². The van der Waals surface area contributed by atoms with Crippen LogP contribution in [0.1, 0.15) is 30.1 Å². The van der Waals surface area contributed by atoms with E-state index in [1.807, 2.05) is 36.4 Å². The number of carboxylic acid groups (broad SMARTS) is 1. The van der Waals surface area contributed by atoms with Crippen LogP contribution >= 0.6 is 11.6 Å². The zero-order valence-corrected chi connectivity index (χ0v) is 20.8. The fraction of sp³-hybridized carbons (Fsp3) is 0.385. The van der Waals surface area contributed by atoms with E-state index in [9.17, 15) is 15.0 Å². The molecule has 0 saturated carbocycles. The number of anilines is 3. The van der Waals surface area contributed by atoms with E-state index >= 15 is 0 Å². The standard InChI is InChI=1S/C26H29ClN6O3/c1-17-15-31(24-21(27)12-19(14-28-24)25(35)36)10-11-32(17)23-13-22(18-6-3-2-4-7-18)29-26(30-23)33-9-5-8-20(33)16-34/h2-4,6-7,12-14,17,20,34H,5,8-11,15-16H2,1H3,(H,35,36). The van der Waals surface area contributed by atoms with E-state index in [1.165, 1.54) is 12.3 Å². The maximum Gasteiger partial charge on any atom is 0.337 e. The summed E-state index contributed by atoms with van der Waals surface area (Å²) in [5.41, 5.74) is 1.94. The van der Waals surface area contributed by atoms with Crippen molar-refractivity contribution in [2.24, 2.45) is 0 Å². The van der Waals surface area contributed by atoms with Gasteiger partial charge in [0.15, 0.2) is 0 Å². The van der Waals surface area contributed by atoms with Crippen molar-refractivity contribution in [2.45, 2.75) is 31.8 Å². The zero-order valence-electron chi connectivity index (χ0n) is 20.1. The molecule has 0 spiro atoms. The van der Waals surface area contributed by atoms with Gasteiger partial charge in [0.05, 0.1) is 28.9 Å². The van der Waals surface area contributed by atoms with Crippen LogP contribution in [-0.4, -0.2) is 76.0 Å². The Morgan fingerprint density at radius 3 is 2.61 bits per heavy atom. The minimum atomic E-state index is -1.05. The van der Waals surface area contributed by atoms with Gasteiger partial charge in [-0.1, -0.05) is 41.9 Å². The van der Waals surface area contributed by atoms with E-state index in [0.717, 1.165) is 36.5 Å². The first-order chi connectivity index (χ1) is 17.4. The van der Waals surface area contributed by atoms with E-state index in [-0.39, 0.29) is 24.3 Å². The molecule has 3 aromatic rings. The number of aliphatic hydroxyl groups excluding tert-OH is 1. The summed E-state index contributed by atoms with van der Waals surface area (Å²) >= 11 is 6.39. The number of carbonyl (C=O) groups is 1. The Balaban J connectivity index is 1.44. The number of halogens is 1. The van der Waals surface area contributed by atoms with Crippen LogP contribution in [-0.2, 0) is 0 Å². The number of hydrogen-bond acceptors (Lipinski definition) is 8. The first kappa shape index (κ1) is 24.3. The maximum absolute atomic E-state index is 11.2. The SMILES string of the molecule is CC1CN(c2ncc(C(=O)O)cc2Cl)CCN1c1cc(-c2ccccc2)nc(N2CCCC2CO)n1. The van der Waals surface area contributed by atoms with E-state index in [4.69, 9.17) is 21.6 Å². The van der Waals surface area contributed by atoms with Crippen molar-refractivity contribution in [1.29, 1.82) is 0 Å². The van der Waals surface area contributed by atoms with E-state index < -0.39 is 5.97 Å². The number of nitrogens with zero attached hydrogens (tertiary/aromatic N) is 6. The van der Waals surface area contributed by atoms with Crippen molar-refractivity contribution in [1.82, 2.24) is 15.0 Å². The fourth-order valence-corrected chi connectivity index (χ4v) is 5.30. The lowest BCUT2D eigenvalue weighted by molar-refractivity contribution is 0.0696. The van der Waals surface area contributed by atoms with Crippen molar-refractivity contribution in [3.05, 3.63) is 59.2 Å². The normalized spacial score (nSPS) is 20.1. The van der Waals surface area contributed by atoms with Crippen molar-refractivity contribution in [3.63, 3.8) is 0 Å². The van der Waals surface area contributed by atoms with Crippen LogP contribution in [0.4, 0.5) is 17.6 Å².